The summed E-state index contributed by atoms with van der Waals surface area (Å²) in [5.74, 6) is 1.81. The van der Waals surface area contributed by atoms with Crippen LogP contribution in [0.5, 0.6) is 5.75 Å². The van der Waals surface area contributed by atoms with Gasteiger partial charge in [0.15, 0.2) is 12.4 Å². The highest BCUT2D eigenvalue weighted by atomic mass is 16.5. The van der Waals surface area contributed by atoms with E-state index >= 15 is 0 Å². The highest BCUT2D eigenvalue weighted by Crippen LogP contribution is 2.28. The van der Waals surface area contributed by atoms with Crippen molar-refractivity contribution in [2.45, 2.75) is 20.1 Å². The topological polar surface area (TPSA) is 74.2 Å². The van der Waals surface area contributed by atoms with Crippen LogP contribution in [0.4, 0.5) is 0 Å². The number of benzene rings is 2. The fourth-order valence-electron chi connectivity index (χ4n) is 2.20. The van der Waals surface area contributed by atoms with Crippen LogP contribution in [0.15, 0.2) is 40.9 Å². The van der Waals surface area contributed by atoms with E-state index in [0.717, 1.165) is 22.1 Å². The van der Waals surface area contributed by atoms with Gasteiger partial charge in [-0.1, -0.05) is 35.5 Å². The third kappa shape index (κ3) is 2.35. The van der Waals surface area contributed by atoms with Crippen molar-refractivity contribution in [3.63, 3.8) is 0 Å². The second kappa shape index (κ2) is 5.30. The van der Waals surface area contributed by atoms with E-state index in [2.05, 4.69) is 16.2 Å². The lowest BCUT2D eigenvalue weighted by molar-refractivity contribution is 0.241. The molecular weight excluding hydrogens is 254 g/mol. The third-order valence-corrected chi connectivity index (χ3v) is 3.12. The lowest BCUT2D eigenvalue weighted by atomic mass is 10.0. The van der Waals surface area contributed by atoms with Gasteiger partial charge in [-0.25, -0.2) is 0 Å². The number of aromatic nitrogens is 2. The van der Waals surface area contributed by atoms with Crippen molar-refractivity contribution in [1.82, 2.24) is 10.1 Å². The molecule has 1 heterocycles. The van der Waals surface area contributed by atoms with Gasteiger partial charge in [-0.3, -0.25) is 0 Å². The molecule has 3 rings (SSSR count). The number of aryl methyl sites for hydroxylation is 1. The molecule has 0 aliphatic carbocycles. The molecule has 5 nitrogen and oxygen atoms in total. The first-order chi connectivity index (χ1) is 9.78. The zero-order valence-corrected chi connectivity index (χ0v) is 11.2. The van der Waals surface area contributed by atoms with Crippen LogP contribution < -0.4 is 10.5 Å². The molecule has 3 aromatic rings. The Morgan fingerprint density at radius 2 is 2.05 bits per heavy atom. The van der Waals surface area contributed by atoms with E-state index < -0.39 is 0 Å². The van der Waals surface area contributed by atoms with Gasteiger partial charge in [0.2, 0.25) is 0 Å². The van der Waals surface area contributed by atoms with Crippen molar-refractivity contribution >= 4 is 10.8 Å². The Morgan fingerprint density at radius 3 is 2.80 bits per heavy atom. The average molecular weight is 269 g/mol. The molecule has 0 saturated carbocycles. The van der Waals surface area contributed by atoms with E-state index in [1.54, 1.807) is 6.92 Å². The Bertz CT molecular complexity index is 737. The molecule has 0 fully saturated rings. The molecule has 102 valence electrons. The normalized spacial score (nSPS) is 10.9. The molecule has 2 N–H and O–H groups in total. The Labute approximate surface area is 116 Å². The summed E-state index contributed by atoms with van der Waals surface area (Å²) in [6.45, 7) is 2.43. The molecule has 0 bridgehead atoms. The predicted molar refractivity (Wildman–Crippen MR) is 75.2 cm³/mol. The Balaban J connectivity index is 1.91. The van der Waals surface area contributed by atoms with Gasteiger partial charge in [0.25, 0.3) is 5.89 Å². The van der Waals surface area contributed by atoms with Crippen LogP contribution in [0.1, 0.15) is 17.3 Å². The van der Waals surface area contributed by atoms with Gasteiger partial charge < -0.3 is 15.0 Å². The average Bonchev–Trinajstić information content (AvgIpc) is 2.90. The molecule has 0 unspecified atom stereocenters. The maximum atomic E-state index is 5.86. The van der Waals surface area contributed by atoms with Crippen LogP contribution in [-0.4, -0.2) is 10.1 Å². The molecule has 0 spiro atoms. The first-order valence-electron chi connectivity index (χ1n) is 6.40. The molecule has 20 heavy (non-hydrogen) atoms. The smallest absolute Gasteiger partial charge is 0.264 e. The minimum atomic E-state index is 0.242. The first-order valence-corrected chi connectivity index (χ1v) is 6.40. The summed E-state index contributed by atoms with van der Waals surface area (Å²) >= 11 is 0. The van der Waals surface area contributed by atoms with Crippen LogP contribution >= 0.6 is 0 Å². The maximum Gasteiger partial charge on any atom is 0.264 e. The molecule has 1 aromatic heterocycles. The summed E-state index contributed by atoms with van der Waals surface area (Å²) in [6.07, 6.45) is 0. The van der Waals surface area contributed by atoms with Crippen molar-refractivity contribution in [1.29, 1.82) is 0 Å². The summed E-state index contributed by atoms with van der Waals surface area (Å²) in [7, 11) is 0. The van der Waals surface area contributed by atoms with Gasteiger partial charge in [0.05, 0.1) is 0 Å². The van der Waals surface area contributed by atoms with Crippen molar-refractivity contribution in [3.8, 4) is 5.75 Å². The number of hydrogen-bond donors (Lipinski definition) is 1. The number of nitrogens with zero attached hydrogens (tertiary/aromatic N) is 2. The zero-order chi connectivity index (χ0) is 13.9. The van der Waals surface area contributed by atoms with E-state index in [1.165, 1.54) is 0 Å². The number of nitrogens with two attached hydrogens (primary N) is 1. The standard InChI is InChI=1S/C15H15N3O2/c1-10-17-15(20-18-10)9-19-14-7-6-11-4-2-3-5-12(11)13(14)8-16/h2-7H,8-9,16H2,1H3. The lowest BCUT2D eigenvalue weighted by Crippen LogP contribution is -2.03. The summed E-state index contributed by atoms with van der Waals surface area (Å²) < 4.78 is 10.8. The molecule has 0 aliphatic rings. The third-order valence-electron chi connectivity index (χ3n) is 3.12. The summed E-state index contributed by atoms with van der Waals surface area (Å²) in [5, 5.41) is 5.98. The molecule has 0 saturated heterocycles. The molecule has 0 atom stereocenters. The first kappa shape index (κ1) is 12.6. The van der Waals surface area contributed by atoms with Gasteiger partial charge in [0.1, 0.15) is 5.75 Å². The summed E-state index contributed by atoms with van der Waals surface area (Å²) in [5.41, 5.74) is 6.84. The van der Waals surface area contributed by atoms with Crippen LogP contribution in [0.2, 0.25) is 0 Å². The summed E-state index contributed by atoms with van der Waals surface area (Å²) in [4.78, 5) is 4.11. The lowest BCUT2D eigenvalue weighted by Gasteiger charge is -2.11. The second-order valence-corrected chi connectivity index (χ2v) is 4.49. The van der Waals surface area contributed by atoms with Crippen molar-refractivity contribution in [3.05, 3.63) is 53.7 Å². The monoisotopic (exact) mass is 269 g/mol. The maximum absolute atomic E-state index is 5.86. The SMILES string of the molecule is Cc1noc(COc2ccc3ccccc3c2CN)n1. The summed E-state index contributed by atoms with van der Waals surface area (Å²) in [6, 6.07) is 12.0. The number of hydrogen-bond acceptors (Lipinski definition) is 5. The molecule has 2 aromatic carbocycles. The molecule has 0 radical (unpaired) electrons. The fourth-order valence-corrected chi connectivity index (χ4v) is 2.20. The molecule has 0 aliphatic heterocycles. The highest BCUT2D eigenvalue weighted by molar-refractivity contribution is 5.87. The Hall–Kier alpha value is -2.40. The van der Waals surface area contributed by atoms with Gasteiger partial charge in [-0.15, -0.1) is 0 Å². The van der Waals surface area contributed by atoms with Crippen molar-refractivity contribution < 1.29 is 9.26 Å². The Kier molecular flexibility index (Phi) is 3.35. The van der Waals surface area contributed by atoms with Gasteiger partial charge in [0, 0.05) is 12.1 Å². The predicted octanol–water partition coefficient (Wildman–Crippen LogP) is 2.57. The van der Waals surface area contributed by atoms with E-state index in [-0.39, 0.29) is 6.61 Å². The second-order valence-electron chi connectivity index (χ2n) is 4.49. The number of fused-ring (bicyclic) bond motifs is 1. The molecule has 5 heteroatoms. The number of ether oxygens (including phenoxy) is 1. The van der Waals surface area contributed by atoms with Crippen LogP contribution in [0.25, 0.3) is 10.8 Å². The van der Waals surface area contributed by atoms with E-state index in [0.29, 0.717) is 18.3 Å². The Morgan fingerprint density at radius 1 is 1.20 bits per heavy atom. The van der Waals surface area contributed by atoms with Gasteiger partial charge in [-0.05, 0) is 23.8 Å². The van der Waals surface area contributed by atoms with Crippen LogP contribution in [0, 0.1) is 6.92 Å². The zero-order valence-electron chi connectivity index (χ0n) is 11.2. The minimum absolute atomic E-state index is 0.242. The quantitative estimate of drug-likeness (QED) is 0.788. The molecule has 0 amide bonds. The minimum Gasteiger partial charge on any atom is -0.483 e. The van der Waals surface area contributed by atoms with Crippen LogP contribution in [-0.2, 0) is 13.2 Å². The van der Waals surface area contributed by atoms with E-state index in [1.807, 2.05) is 30.3 Å². The van der Waals surface area contributed by atoms with Crippen molar-refractivity contribution in [2.24, 2.45) is 5.73 Å². The van der Waals surface area contributed by atoms with Gasteiger partial charge >= 0.3 is 0 Å². The highest BCUT2D eigenvalue weighted by Gasteiger charge is 2.09. The van der Waals surface area contributed by atoms with Crippen molar-refractivity contribution in [2.75, 3.05) is 0 Å². The van der Waals surface area contributed by atoms with Crippen LogP contribution in [0.3, 0.4) is 0 Å². The van der Waals surface area contributed by atoms with Gasteiger partial charge in [-0.2, -0.15) is 4.98 Å². The van der Waals surface area contributed by atoms with E-state index in [4.69, 9.17) is 15.0 Å². The number of rotatable bonds is 4. The molecular formula is C15H15N3O2. The van der Waals surface area contributed by atoms with E-state index in [9.17, 15) is 0 Å². The largest absolute Gasteiger partial charge is 0.483 e. The fraction of sp³-hybridized carbons (Fsp3) is 0.200.